The summed E-state index contributed by atoms with van der Waals surface area (Å²) < 4.78 is 24.6. The average Bonchev–Trinajstić information content (AvgIpc) is 2.54. The first kappa shape index (κ1) is 21.7. The first-order valence-corrected chi connectivity index (χ1v) is 10.7. The number of nitrogens with zero attached hydrogens (tertiary/aromatic N) is 3. The van der Waals surface area contributed by atoms with Gasteiger partial charge in [0.1, 0.15) is 0 Å². The summed E-state index contributed by atoms with van der Waals surface area (Å²) in [6.45, 7) is 6.89. The topological polar surface area (TPSA) is 65.0 Å². The van der Waals surface area contributed by atoms with Crippen LogP contribution in [0.3, 0.4) is 0 Å². The van der Waals surface area contributed by atoms with Gasteiger partial charge in [0.15, 0.2) is 5.96 Å². The molecule has 1 aromatic rings. The van der Waals surface area contributed by atoms with Gasteiger partial charge in [0.2, 0.25) is 10.0 Å². The molecule has 6 nitrogen and oxygen atoms in total. The lowest BCUT2D eigenvalue weighted by Crippen LogP contribution is -2.38. The van der Waals surface area contributed by atoms with Crippen molar-refractivity contribution >= 4 is 27.6 Å². The highest BCUT2D eigenvalue weighted by Crippen LogP contribution is 2.11. The Morgan fingerprint density at radius 1 is 1.24 bits per heavy atom. The van der Waals surface area contributed by atoms with Crippen molar-refractivity contribution in [1.29, 1.82) is 0 Å². The maximum atomic E-state index is 11.6. The lowest BCUT2D eigenvalue weighted by molar-refractivity contribution is 0.425. The van der Waals surface area contributed by atoms with Crippen LogP contribution in [0.4, 0.5) is 0 Å². The third kappa shape index (κ3) is 8.07. The van der Waals surface area contributed by atoms with E-state index in [1.807, 2.05) is 50.1 Å². The molecule has 0 saturated carbocycles. The third-order valence-electron chi connectivity index (χ3n) is 3.68. The van der Waals surface area contributed by atoms with Gasteiger partial charge in [0.05, 0.1) is 6.26 Å². The Morgan fingerprint density at radius 3 is 2.40 bits per heavy atom. The molecule has 1 aromatic carbocycles. The van der Waals surface area contributed by atoms with Crippen LogP contribution in [0.5, 0.6) is 0 Å². The normalized spacial score (nSPS) is 12.5. The molecular formula is C17H29ClN4O2S. The van der Waals surface area contributed by atoms with Crippen molar-refractivity contribution in [2.24, 2.45) is 4.99 Å². The van der Waals surface area contributed by atoms with Crippen molar-refractivity contribution in [3.63, 3.8) is 0 Å². The number of rotatable bonds is 9. The minimum Gasteiger partial charge on any atom is -0.357 e. The second-order valence-corrected chi connectivity index (χ2v) is 8.25. The van der Waals surface area contributed by atoms with Crippen molar-refractivity contribution in [2.45, 2.75) is 26.8 Å². The zero-order valence-electron chi connectivity index (χ0n) is 15.5. The Kier molecular flexibility index (Phi) is 9.24. The van der Waals surface area contributed by atoms with Crippen molar-refractivity contribution in [3.05, 3.63) is 34.9 Å². The summed E-state index contributed by atoms with van der Waals surface area (Å²) in [5, 5.41) is 3.99. The number of hydrogen-bond acceptors (Lipinski definition) is 3. The molecule has 0 radical (unpaired) electrons. The smallest absolute Gasteiger partial charge is 0.211 e. The largest absolute Gasteiger partial charge is 0.357 e. The summed E-state index contributed by atoms with van der Waals surface area (Å²) in [6, 6.07) is 7.74. The first-order chi connectivity index (χ1) is 11.8. The highest BCUT2D eigenvalue weighted by atomic mass is 35.5. The molecule has 0 amide bonds. The molecule has 25 heavy (non-hydrogen) atoms. The minimum absolute atomic E-state index is 0.485. The van der Waals surface area contributed by atoms with Crippen LogP contribution < -0.4 is 5.32 Å². The monoisotopic (exact) mass is 388 g/mol. The summed E-state index contributed by atoms with van der Waals surface area (Å²) in [6.07, 6.45) is 1.92. The maximum Gasteiger partial charge on any atom is 0.211 e. The predicted octanol–water partition coefficient (Wildman–Crippen LogP) is 2.41. The highest BCUT2D eigenvalue weighted by molar-refractivity contribution is 7.88. The number of nitrogens with one attached hydrogen (secondary N) is 1. The van der Waals surface area contributed by atoms with E-state index in [0.717, 1.165) is 23.1 Å². The van der Waals surface area contributed by atoms with E-state index < -0.39 is 10.0 Å². The molecule has 0 fully saturated rings. The van der Waals surface area contributed by atoms with Crippen LogP contribution in [0.15, 0.2) is 29.3 Å². The molecule has 0 heterocycles. The maximum absolute atomic E-state index is 11.6. The highest BCUT2D eigenvalue weighted by Gasteiger charge is 2.13. The van der Waals surface area contributed by atoms with E-state index in [0.29, 0.717) is 32.6 Å². The molecule has 8 heteroatoms. The molecule has 142 valence electrons. The van der Waals surface area contributed by atoms with E-state index in [-0.39, 0.29) is 0 Å². The number of benzene rings is 1. The van der Waals surface area contributed by atoms with Crippen LogP contribution in [-0.2, 0) is 16.6 Å². The number of sulfonamides is 1. The minimum atomic E-state index is -3.14. The SMILES string of the molecule is CCNC(=NCCCN(CC)S(C)(=O)=O)N(C)Cc1ccc(Cl)cc1. The van der Waals surface area contributed by atoms with Gasteiger partial charge >= 0.3 is 0 Å². The van der Waals surface area contributed by atoms with Crippen molar-refractivity contribution in [3.8, 4) is 0 Å². The molecule has 0 spiro atoms. The van der Waals surface area contributed by atoms with Gasteiger partial charge in [-0.2, -0.15) is 0 Å². The number of halogens is 1. The van der Waals surface area contributed by atoms with Gasteiger partial charge in [0, 0.05) is 44.8 Å². The average molecular weight is 389 g/mol. The molecule has 0 atom stereocenters. The van der Waals surface area contributed by atoms with E-state index in [1.54, 1.807) is 0 Å². The summed E-state index contributed by atoms with van der Waals surface area (Å²) in [5.41, 5.74) is 1.15. The summed E-state index contributed by atoms with van der Waals surface area (Å²) in [4.78, 5) is 6.64. The fourth-order valence-electron chi connectivity index (χ4n) is 2.40. The Hall–Kier alpha value is -1.31. The Bertz CT molecular complexity index is 647. The van der Waals surface area contributed by atoms with Gasteiger partial charge in [-0.05, 0) is 31.0 Å². The van der Waals surface area contributed by atoms with E-state index in [2.05, 4.69) is 10.3 Å². The molecular weight excluding hydrogens is 360 g/mol. The van der Waals surface area contributed by atoms with Crippen molar-refractivity contribution in [2.75, 3.05) is 39.5 Å². The van der Waals surface area contributed by atoms with Gasteiger partial charge < -0.3 is 10.2 Å². The molecule has 1 rings (SSSR count). The molecule has 0 aliphatic carbocycles. The summed E-state index contributed by atoms with van der Waals surface area (Å²) in [5.74, 6) is 0.805. The van der Waals surface area contributed by atoms with Gasteiger partial charge in [-0.3, -0.25) is 4.99 Å². The number of aliphatic imine (C=N–C) groups is 1. The molecule has 0 aliphatic rings. The van der Waals surface area contributed by atoms with E-state index >= 15 is 0 Å². The van der Waals surface area contributed by atoms with Crippen LogP contribution in [0, 0.1) is 0 Å². The fraction of sp³-hybridized carbons (Fsp3) is 0.588. The summed E-state index contributed by atoms with van der Waals surface area (Å²) in [7, 11) is -1.16. The second-order valence-electron chi connectivity index (χ2n) is 5.83. The second kappa shape index (κ2) is 10.6. The van der Waals surface area contributed by atoms with Gasteiger partial charge in [-0.25, -0.2) is 12.7 Å². The molecule has 0 aromatic heterocycles. The zero-order chi connectivity index (χ0) is 18.9. The predicted molar refractivity (Wildman–Crippen MR) is 106 cm³/mol. The van der Waals surface area contributed by atoms with Crippen molar-refractivity contribution < 1.29 is 8.42 Å². The standard InChI is InChI=1S/C17H29ClN4O2S/c1-5-19-17(20-12-7-13-22(6-2)25(4,23)24)21(3)14-15-8-10-16(18)11-9-15/h8-11H,5-7,12-14H2,1-4H3,(H,19,20). The van der Waals surface area contributed by atoms with Crippen molar-refractivity contribution in [1.82, 2.24) is 14.5 Å². The molecule has 0 saturated heterocycles. The van der Waals surface area contributed by atoms with Crippen LogP contribution in [0.2, 0.25) is 5.02 Å². The Balaban J connectivity index is 2.61. The molecule has 0 unspecified atom stereocenters. The van der Waals surface area contributed by atoms with Crippen LogP contribution in [-0.4, -0.2) is 63.1 Å². The Morgan fingerprint density at radius 2 is 1.88 bits per heavy atom. The van der Waals surface area contributed by atoms with Gasteiger partial charge in [-0.1, -0.05) is 30.7 Å². The van der Waals surface area contributed by atoms with E-state index in [1.165, 1.54) is 10.6 Å². The number of guanidine groups is 1. The fourth-order valence-corrected chi connectivity index (χ4v) is 3.45. The zero-order valence-corrected chi connectivity index (χ0v) is 17.1. The third-order valence-corrected chi connectivity index (χ3v) is 5.31. The lowest BCUT2D eigenvalue weighted by atomic mass is 10.2. The quantitative estimate of drug-likeness (QED) is 0.401. The molecule has 0 bridgehead atoms. The van der Waals surface area contributed by atoms with E-state index in [9.17, 15) is 8.42 Å². The molecule has 1 N–H and O–H groups in total. The Labute approximate surface area is 156 Å². The van der Waals surface area contributed by atoms with Crippen LogP contribution in [0.25, 0.3) is 0 Å². The summed E-state index contributed by atoms with van der Waals surface area (Å²) >= 11 is 5.92. The lowest BCUT2D eigenvalue weighted by Gasteiger charge is -2.22. The van der Waals surface area contributed by atoms with Crippen LogP contribution in [0.1, 0.15) is 25.8 Å². The van der Waals surface area contributed by atoms with E-state index in [4.69, 9.17) is 11.6 Å². The first-order valence-electron chi connectivity index (χ1n) is 8.47. The van der Waals surface area contributed by atoms with Gasteiger partial charge in [-0.15, -0.1) is 0 Å². The van der Waals surface area contributed by atoms with Gasteiger partial charge in [0.25, 0.3) is 0 Å². The number of hydrogen-bond donors (Lipinski definition) is 1. The molecule has 0 aliphatic heterocycles. The van der Waals surface area contributed by atoms with Crippen LogP contribution >= 0.6 is 11.6 Å².